The normalized spacial score (nSPS) is 12.2. The van der Waals surface area contributed by atoms with Gasteiger partial charge in [-0.1, -0.05) is 46.3 Å². The van der Waals surface area contributed by atoms with E-state index >= 15 is 0 Å². The topological polar surface area (TPSA) is 49.7 Å². The van der Waals surface area contributed by atoms with Crippen LogP contribution in [0.4, 0.5) is 0 Å². The Balaban J connectivity index is 2.11. The van der Waals surface area contributed by atoms with Gasteiger partial charge in [-0.25, -0.2) is 0 Å². The molecule has 4 heteroatoms. The van der Waals surface area contributed by atoms with E-state index in [2.05, 4.69) is 15.9 Å². The quantitative estimate of drug-likeness (QED) is 0.877. The Morgan fingerprint density at radius 1 is 1.10 bits per heavy atom. The lowest BCUT2D eigenvalue weighted by molar-refractivity contribution is 0.190. The molecular weight excluding hydrogens is 320 g/mol. The van der Waals surface area contributed by atoms with Gasteiger partial charge in [0, 0.05) is 10.0 Å². The fraction of sp³-hybridized carbons (Fsp3) is 0.250. The summed E-state index contributed by atoms with van der Waals surface area (Å²) < 4.78 is 6.70. The Morgan fingerprint density at radius 2 is 1.75 bits per heavy atom. The second kappa shape index (κ2) is 6.88. The molecule has 0 saturated heterocycles. The minimum absolute atomic E-state index is 0.0406. The highest BCUT2D eigenvalue weighted by Crippen LogP contribution is 2.29. The predicted octanol–water partition coefficient (Wildman–Crippen LogP) is 3.57. The highest BCUT2D eigenvalue weighted by Gasteiger charge is 2.10. The van der Waals surface area contributed by atoms with E-state index < -0.39 is 6.10 Å². The molecule has 2 rings (SSSR count). The van der Waals surface area contributed by atoms with Gasteiger partial charge in [-0.05, 0) is 30.2 Å². The highest BCUT2D eigenvalue weighted by molar-refractivity contribution is 9.10. The Morgan fingerprint density at radius 3 is 2.35 bits per heavy atom. The van der Waals surface area contributed by atoms with Gasteiger partial charge in [0.05, 0.1) is 12.7 Å². The molecule has 0 amide bonds. The fourth-order valence-electron chi connectivity index (χ4n) is 1.88. The van der Waals surface area contributed by atoms with Crippen molar-refractivity contribution in [2.45, 2.75) is 26.2 Å². The van der Waals surface area contributed by atoms with Gasteiger partial charge >= 0.3 is 0 Å². The molecule has 3 nitrogen and oxygen atoms in total. The van der Waals surface area contributed by atoms with E-state index in [9.17, 15) is 5.11 Å². The second-order valence-electron chi connectivity index (χ2n) is 4.62. The van der Waals surface area contributed by atoms with Crippen molar-refractivity contribution in [2.24, 2.45) is 0 Å². The van der Waals surface area contributed by atoms with Gasteiger partial charge in [-0.3, -0.25) is 0 Å². The van der Waals surface area contributed by atoms with Gasteiger partial charge in [-0.15, -0.1) is 0 Å². The first-order chi connectivity index (χ1) is 9.60. The van der Waals surface area contributed by atoms with E-state index in [-0.39, 0.29) is 6.61 Å². The Kier molecular flexibility index (Phi) is 5.17. The Labute approximate surface area is 127 Å². The summed E-state index contributed by atoms with van der Waals surface area (Å²) in [6.07, 6.45) is -0.574. The molecule has 0 fully saturated rings. The van der Waals surface area contributed by atoms with Crippen molar-refractivity contribution in [3.63, 3.8) is 0 Å². The zero-order chi connectivity index (χ0) is 14.5. The maximum Gasteiger partial charge on any atom is 0.126 e. The molecule has 0 aliphatic carbocycles. The van der Waals surface area contributed by atoms with Crippen LogP contribution in [0.3, 0.4) is 0 Å². The molecule has 0 aliphatic rings. The maximum atomic E-state index is 9.74. The monoisotopic (exact) mass is 336 g/mol. The first kappa shape index (κ1) is 15.0. The van der Waals surface area contributed by atoms with Crippen molar-refractivity contribution < 1.29 is 14.9 Å². The molecule has 2 aromatic carbocycles. The van der Waals surface area contributed by atoms with Gasteiger partial charge in [0.2, 0.25) is 0 Å². The number of hydrogen-bond donors (Lipinski definition) is 2. The molecule has 0 radical (unpaired) electrons. The maximum absolute atomic E-state index is 9.74. The summed E-state index contributed by atoms with van der Waals surface area (Å²) >= 11 is 3.40. The summed E-state index contributed by atoms with van der Waals surface area (Å²) in [5.74, 6) is 0.667. The third-order valence-corrected chi connectivity index (χ3v) is 3.52. The molecule has 20 heavy (non-hydrogen) atoms. The minimum Gasteiger partial charge on any atom is -0.488 e. The smallest absolute Gasteiger partial charge is 0.126 e. The van der Waals surface area contributed by atoms with Crippen LogP contribution in [0.1, 0.15) is 29.7 Å². The van der Waals surface area contributed by atoms with Crippen molar-refractivity contribution in [3.8, 4) is 5.75 Å². The largest absolute Gasteiger partial charge is 0.488 e. The number of rotatable bonds is 5. The SMILES string of the molecule is C[C@@H](O)c1ccc(Br)cc1OCc1ccc(CO)cc1. The lowest BCUT2D eigenvalue weighted by Gasteiger charge is -2.14. The number of ether oxygens (including phenoxy) is 1. The van der Waals surface area contributed by atoms with E-state index in [0.717, 1.165) is 21.2 Å². The van der Waals surface area contributed by atoms with Gasteiger partial charge in [0.15, 0.2) is 0 Å². The predicted molar refractivity (Wildman–Crippen MR) is 81.5 cm³/mol. The number of halogens is 1. The van der Waals surface area contributed by atoms with Gasteiger partial charge in [0.25, 0.3) is 0 Å². The molecule has 0 unspecified atom stereocenters. The summed E-state index contributed by atoms with van der Waals surface area (Å²) in [5, 5.41) is 18.7. The van der Waals surface area contributed by atoms with Crippen LogP contribution >= 0.6 is 15.9 Å². The van der Waals surface area contributed by atoms with Crippen LogP contribution in [-0.2, 0) is 13.2 Å². The second-order valence-corrected chi connectivity index (χ2v) is 5.54. The number of hydrogen-bond acceptors (Lipinski definition) is 3. The van der Waals surface area contributed by atoms with Crippen molar-refractivity contribution in [3.05, 3.63) is 63.6 Å². The van der Waals surface area contributed by atoms with E-state index in [1.165, 1.54) is 0 Å². The molecule has 0 aliphatic heterocycles. The average molecular weight is 337 g/mol. The van der Waals surface area contributed by atoms with E-state index in [0.29, 0.717) is 12.4 Å². The zero-order valence-corrected chi connectivity index (χ0v) is 12.8. The molecule has 0 bridgehead atoms. The third-order valence-electron chi connectivity index (χ3n) is 3.03. The summed E-state index contributed by atoms with van der Waals surface area (Å²) in [5.41, 5.74) is 2.65. The number of aliphatic hydroxyl groups excluding tert-OH is 2. The molecule has 0 spiro atoms. The van der Waals surface area contributed by atoms with E-state index in [1.54, 1.807) is 6.92 Å². The van der Waals surface area contributed by atoms with Crippen LogP contribution in [0.5, 0.6) is 5.75 Å². The average Bonchev–Trinajstić information content (AvgIpc) is 2.45. The Hall–Kier alpha value is -1.36. The molecule has 1 atom stereocenters. The van der Waals surface area contributed by atoms with Crippen LogP contribution in [0.2, 0.25) is 0 Å². The summed E-state index contributed by atoms with van der Waals surface area (Å²) in [7, 11) is 0. The van der Waals surface area contributed by atoms with Gasteiger partial charge in [-0.2, -0.15) is 0 Å². The van der Waals surface area contributed by atoms with Gasteiger partial charge in [0.1, 0.15) is 12.4 Å². The van der Waals surface area contributed by atoms with Gasteiger partial charge < -0.3 is 14.9 Å². The minimum atomic E-state index is -0.574. The first-order valence-electron chi connectivity index (χ1n) is 6.39. The molecule has 0 aromatic heterocycles. The third kappa shape index (κ3) is 3.82. The lowest BCUT2D eigenvalue weighted by atomic mass is 10.1. The molecule has 106 valence electrons. The van der Waals surface area contributed by atoms with Crippen molar-refractivity contribution in [2.75, 3.05) is 0 Å². The van der Waals surface area contributed by atoms with Crippen LogP contribution in [0, 0.1) is 0 Å². The lowest BCUT2D eigenvalue weighted by Crippen LogP contribution is -2.01. The molecule has 2 N–H and O–H groups in total. The van der Waals surface area contributed by atoms with E-state index in [1.807, 2.05) is 42.5 Å². The summed E-state index contributed by atoms with van der Waals surface area (Å²) in [4.78, 5) is 0. The number of aliphatic hydroxyl groups is 2. The van der Waals surface area contributed by atoms with Crippen LogP contribution in [0.25, 0.3) is 0 Å². The van der Waals surface area contributed by atoms with Crippen LogP contribution < -0.4 is 4.74 Å². The number of benzene rings is 2. The van der Waals surface area contributed by atoms with E-state index in [4.69, 9.17) is 9.84 Å². The van der Waals surface area contributed by atoms with Crippen LogP contribution in [0.15, 0.2) is 46.9 Å². The van der Waals surface area contributed by atoms with Crippen molar-refractivity contribution in [1.29, 1.82) is 0 Å². The van der Waals surface area contributed by atoms with Crippen molar-refractivity contribution >= 4 is 15.9 Å². The molecule has 0 heterocycles. The zero-order valence-electron chi connectivity index (χ0n) is 11.2. The van der Waals surface area contributed by atoms with Crippen LogP contribution in [-0.4, -0.2) is 10.2 Å². The highest BCUT2D eigenvalue weighted by atomic mass is 79.9. The summed E-state index contributed by atoms with van der Waals surface area (Å²) in [6.45, 7) is 2.17. The summed E-state index contributed by atoms with van der Waals surface area (Å²) in [6, 6.07) is 13.2. The molecular formula is C16H17BrO3. The molecule has 2 aromatic rings. The standard InChI is InChI=1S/C16H17BrO3/c1-11(19)15-7-6-14(17)8-16(15)20-10-13-4-2-12(9-18)3-5-13/h2-8,11,18-19H,9-10H2,1H3/t11-/m1/s1. The molecule has 0 saturated carbocycles. The Bertz CT molecular complexity index is 564. The fourth-order valence-corrected chi connectivity index (χ4v) is 2.22. The van der Waals surface area contributed by atoms with Crippen molar-refractivity contribution in [1.82, 2.24) is 0 Å². The first-order valence-corrected chi connectivity index (χ1v) is 7.18.